The highest BCUT2D eigenvalue weighted by atomic mass is 16.7. The van der Waals surface area contributed by atoms with Crippen molar-refractivity contribution in [2.45, 2.75) is 82.5 Å². The molecule has 3 aliphatic carbocycles. The van der Waals surface area contributed by atoms with Crippen LogP contribution in [0.25, 0.3) is 10.8 Å². The van der Waals surface area contributed by atoms with E-state index in [1.807, 2.05) is 49.2 Å². The zero-order chi connectivity index (χ0) is 37.0. The molecule has 9 heteroatoms. The fraction of sp³-hybridized carbons (Fsp3) is 0.500. The van der Waals surface area contributed by atoms with Crippen molar-refractivity contribution in [2.75, 3.05) is 33.5 Å². The molecule has 2 N–H and O–H groups in total. The molecule has 7 rings (SSSR count). The molecule has 2 saturated carbocycles. The maximum Gasteiger partial charge on any atom is 0.239 e. The van der Waals surface area contributed by atoms with E-state index in [1.165, 1.54) is 0 Å². The molecule has 0 aromatic heterocycles. The molecule has 0 bridgehead atoms. The molecule has 1 aliphatic heterocycles. The van der Waals surface area contributed by atoms with Crippen LogP contribution >= 0.6 is 0 Å². The molecule has 53 heavy (non-hydrogen) atoms. The lowest BCUT2D eigenvalue weighted by Gasteiger charge is -2.59. The van der Waals surface area contributed by atoms with Crippen molar-refractivity contribution in [2.24, 2.45) is 28.8 Å². The van der Waals surface area contributed by atoms with Gasteiger partial charge >= 0.3 is 0 Å². The summed E-state index contributed by atoms with van der Waals surface area (Å²) >= 11 is 0. The zero-order valence-electron chi connectivity index (χ0n) is 31.1. The normalized spacial score (nSPS) is 26.6. The van der Waals surface area contributed by atoms with E-state index in [2.05, 4.69) is 43.0 Å². The highest BCUT2D eigenvalue weighted by Gasteiger charge is 2.65. The van der Waals surface area contributed by atoms with Crippen molar-refractivity contribution in [3.8, 4) is 17.2 Å². The first-order chi connectivity index (χ1) is 25.9. The van der Waals surface area contributed by atoms with Gasteiger partial charge in [0.2, 0.25) is 11.7 Å². The van der Waals surface area contributed by atoms with Crippen LogP contribution in [0.2, 0.25) is 0 Å². The number of amides is 1. The summed E-state index contributed by atoms with van der Waals surface area (Å²) in [5, 5.41) is 26.6. The number of fused-ring (bicyclic) bond motifs is 3. The van der Waals surface area contributed by atoms with Gasteiger partial charge in [-0.25, -0.2) is 0 Å². The van der Waals surface area contributed by atoms with E-state index in [0.29, 0.717) is 30.9 Å². The van der Waals surface area contributed by atoms with Crippen molar-refractivity contribution in [3.63, 3.8) is 0 Å². The lowest BCUT2D eigenvalue weighted by Crippen LogP contribution is -2.69. The number of hydrogen-bond acceptors (Lipinski definition) is 8. The number of nitrogens with zero attached hydrogens (tertiary/aromatic N) is 2. The molecule has 4 aliphatic rings. The predicted octanol–water partition coefficient (Wildman–Crippen LogP) is 8.15. The monoisotopic (exact) mass is 722 g/mol. The number of carbonyl (C=O) groups excluding carboxylic acids is 1. The van der Waals surface area contributed by atoms with E-state index in [4.69, 9.17) is 24.2 Å². The van der Waals surface area contributed by atoms with Gasteiger partial charge in [0.1, 0.15) is 29.9 Å². The van der Waals surface area contributed by atoms with Crippen LogP contribution < -0.4 is 9.47 Å². The average molecular weight is 723 g/mol. The topological polar surface area (TPSA) is 110 Å². The first kappa shape index (κ1) is 37.1. The van der Waals surface area contributed by atoms with Crippen molar-refractivity contribution < 1.29 is 34.1 Å². The Labute approximate surface area is 313 Å². The fourth-order valence-electron chi connectivity index (χ4n) is 9.07. The molecular weight excluding hydrogens is 668 g/mol. The molecule has 0 spiro atoms. The van der Waals surface area contributed by atoms with Crippen LogP contribution in [0.3, 0.4) is 0 Å². The van der Waals surface area contributed by atoms with Crippen LogP contribution in [0.4, 0.5) is 0 Å². The van der Waals surface area contributed by atoms with Gasteiger partial charge in [-0.15, -0.1) is 6.58 Å². The number of rotatable bonds is 17. The molecule has 6 atom stereocenters. The van der Waals surface area contributed by atoms with E-state index in [-0.39, 0.29) is 55.3 Å². The second-order valence-corrected chi connectivity index (χ2v) is 15.0. The van der Waals surface area contributed by atoms with Crippen LogP contribution in [0.5, 0.6) is 17.2 Å². The maximum atomic E-state index is 13.9. The Balaban J connectivity index is 1.40. The molecule has 6 unspecified atom stereocenters. The van der Waals surface area contributed by atoms with Crippen LogP contribution in [0.15, 0.2) is 90.1 Å². The molecule has 2 fully saturated rings. The summed E-state index contributed by atoms with van der Waals surface area (Å²) in [6.07, 6.45) is 11.2. The quantitative estimate of drug-likeness (QED) is 0.0822. The molecule has 3 aromatic rings. The Morgan fingerprint density at radius 3 is 2.47 bits per heavy atom. The highest BCUT2D eigenvalue weighted by Crippen LogP contribution is 2.62. The predicted molar refractivity (Wildman–Crippen MR) is 206 cm³/mol. The maximum absolute atomic E-state index is 13.9. The van der Waals surface area contributed by atoms with Gasteiger partial charge in [-0.05, 0) is 104 Å². The number of carbonyl (C=O) groups is 1. The molecule has 1 amide bonds. The summed E-state index contributed by atoms with van der Waals surface area (Å²) in [7, 11) is 1.88. The van der Waals surface area contributed by atoms with E-state index < -0.39 is 11.8 Å². The molecular formula is C44H54N2O7. The van der Waals surface area contributed by atoms with E-state index in [9.17, 15) is 15.0 Å². The minimum Gasteiger partial charge on any atom is -0.459 e. The van der Waals surface area contributed by atoms with Crippen molar-refractivity contribution in [1.29, 1.82) is 0 Å². The molecule has 3 aromatic carbocycles. The van der Waals surface area contributed by atoms with Crippen LogP contribution in [0.1, 0.15) is 76.2 Å². The Morgan fingerprint density at radius 2 is 1.74 bits per heavy atom. The third-order valence-corrected chi connectivity index (χ3v) is 11.6. The highest BCUT2D eigenvalue weighted by molar-refractivity contribution is 6.03. The standard InChI is InChI=1S/C44H54N2O7/c1-4-24-50-44-40(46(3)43(49)30-16-17-30)28-38(45-51-5-2)36-26-32(14-8-10-22-47)35(15-9-11-23-48)41(42(36)44)37-27-34(20-21-39(37)53-44)52-33-19-18-29-12-6-7-13-31(29)25-33/h4,6-7,12-13,18-21,25-27,30,32,35,40-42,47-48H,1,5,8-11,14-17,22-24,28H2,2-3H3. The van der Waals surface area contributed by atoms with Gasteiger partial charge in [0, 0.05) is 44.1 Å². The first-order valence-electron chi connectivity index (χ1n) is 19.6. The molecule has 1 heterocycles. The largest absolute Gasteiger partial charge is 0.459 e. The summed E-state index contributed by atoms with van der Waals surface area (Å²) in [6.45, 7) is 6.87. The summed E-state index contributed by atoms with van der Waals surface area (Å²) in [4.78, 5) is 21.5. The van der Waals surface area contributed by atoms with Crippen LogP contribution in [-0.4, -0.2) is 72.0 Å². The third kappa shape index (κ3) is 7.48. The van der Waals surface area contributed by atoms with Gasteiger partial charge in [-0.3, -0.25) is 4.79 Å². The smallest absolute Gasteiger partial charge is 0.239 e. The van der Waals surface area contributed by atoms with Crippen LogP contribution in [-0.2, 0) is 14.4 Å². The van der Waals surface area contributed by atoms with Crippen molar-refractivity contribution in [3.05, 3.63) is 90.5 Å². The van der Waals surface area contributed by atoms with E-state index >= 15 is 0 Å². The minimum atomic E-state index is -1.23. The Kier molecular flexibility index (Phi) is 11.5. The summed E-state index contributed by atoms with van der Waals surface area (Å²) in [6, 6.07) is 20.0. The number of oxime groups is 1. The van der Waals surface area contributed by atoms with E-state index in [1.54, 1.807) is 6.08 Å². The fourth-order valence-corrected chi connectivity index (χ4v) is 9.07. The number of unbranched alkanes of at least 4 members (excludes halogenated alkanes) is 2. The number of aliphatic hydroxyl groups is 2. The molecule has 9 nitrogen and oxygen atoms in total. The van der Waals surface area contributed by atoms with Gasteiger partial charge in [0.15, 0.2) is 0 Å². The zero-order valence-corrected chi connectivity index (χ0v) is 31.1. The SMILES string of the molecule is C=CCOC12Oc3ccc(Oc4ccc5ccccc5c4)cc3C3C(CCCCO)C(CCCCO)C=C(C(=NOCC)CC1N(C)C(=O)C1CC1)C32. The Hall–Kier alpha value is -4.18. The summed E-state index contributed by atoms with van der Waals surface area (Å²) in [5.41, 5.74) is 2.89. The molecule has 0 radical (unpaired) electrons. The van der Waals surface area contributed by atoms with Gasteiger partial charge in [-0.1, -0.05) is 60.5 Å². The van der Waals surface area contributed by atoms with Crippen LogP contribution in [0, 0.1) is 23.7 Å². The number of likely N-dealkylation sites (N-methyl/N-ethyl adjacent to an activating group) is 1. The van der Waals surface area contributed by atoms with Gasteiger partial charge in [0.25, 0.3) is 0 Å². The van der Waals surface area contributed by atoms with Gasteiger partial charge in [-0.2, -0.15) is 0 Å². The van der Waals surface area contributed by atoms with E-state index in [0.717, 1.165) is 78.3 Å². The lowest BCUT2D eigenvalue weighted by molar-refractivity contribution is -0.255. The number of benzene rings is 3. The average Bonchev–Trinajstić information content (AvgIpc) is 4.03. The second kappa shape index (κ2) is 16.5. The molecule has 282 valence electrons. The van der Waals surface area contributed by atoms with Gasteiger partial charge in [0.05, 0.1) is 18.2 Å². The number of aliphatic hydroxyl groups excluding tert-OH is 2. The minimum absolute atomic E-state index is 0.00986. The summed E-state index contributed by atoms with van der Waals surface area (Å²) < 4.78 is 20.8. The van der Waals surface area contributed by atoms with Gasteiger partial charge < -0.3 is 34.2 Å². The lowest BCUT2D eigenvalue weighted by atomic mass is 9.55. The first-order valence-corrected chi connectivity index (χ1v) is 19.6. The van der Waals surface area contributed by atoms with Crippen molar-refractivity contribution in [1.82, 2.24) is 4.90 Å². The molecule has 0 saturated heterocycles. The Morgan fingerprint density at radius 1 is 1.00 bits per heavy atom. The van der Waals surface area contributed by atoms with Crippen molar-refractivity contribution >= 4 is 22.4 Å². The Bertz CT molecular complexity index is 1840. The number of hydrogen-bond donors (Lipinski definition) is 2. The second-order valence-electron chi connectivity index (χ2n) is 15.0. The third-order valence-electron chi connectivity index (χ3n) is 11.6. The number of ether oxygens (including phenoxy) is 3. The number of allylic oxidation sites excluding steroid dienone is 1. The summed E-state index contributed by atoms with van der Waals surface area (Å²) in [5.74, 6) is 0.943.